The van der Waals surface area contributed by atoms with Gasteiger partial charge in [0.2, 0.25) is 10.0 Å². The lowest BCUT2D eigenvalue weighted by Gasteiger charge is -2.15. The number of hydrogen-bond donors (Lipinski definition) is 2. The molecule has 0 amide bonds. The van der Waals surface area contributed by atoms with Crippen LogP contribution < -0.4 is 4.72 Å². The molecule has 0 fully saturated rings. The molecule has 5 heteroatoms. The number of aromatic amines is 1. The van der Waals surface area contributed by atoms with Gasteiger partial charge in [-0.1, -0.05) is 29.3 Å². The van der Waals surface area contributed by atoms with E-state index in [0.717, 1.165) is 28.8 Å². The number of benzene rings is 2. The standard InChI is InChI=1S/C20H22N2O2S/c1-12-5-7-20(14(3)8-12)25(23,24)22-15-10-17-16-9-13(2)4-6-18(16)21-19(17)11-15/h4-9,15,21-22H,10-11H2,1-3H3. The van der Waals surface area contributed by atoms with Crippen LogP contribution in [0.3, 0.4) is 0 Å². The molecule has 1 heterocycles. The third-order valence-corrected chi connectivity index (χ3v) is 6.67. The maximum Gasteiger partial charge on any atom is 0.241 e. The minimum absolute atomic E-state index is 0.100. The predicted octanol–water partition coefficient (Wildman–Crippen LogP) is 3.54. The van der Waals surface area contributed by atoms with Crippen LogP contribution in [0.5, 0.6) is 0 Å². The van der Waals surface area contributed by atoms with Crippen LogP contribution in [0.4, 0.5) is 0 Å². The number of hydrogen-bond acceptors (Lipinski definition) is 2. The summed E-state index contributed by atoms with van der Waals surface area (Å²) in [7, 11) is -3.51. The number of aryl methyl sites for hydroxylation is 3. The number of H-pyrrole nitrogens is 1. The van der Waals surface area contributed by atoms with E-state index >= 15 is 0 Å². The molecule has 1 aliphatic carbocycles. The van der Waals surface area contributed by atoms with Crippen molar-refractivity contribution in [2.24, 2.45) is 0 Å². The van der Waals surface area contributed by atoms with Gasteiger partial charge in [0.05, 0.1) is 4.90 Å². The highest BCUT2D eigenvalue weighted by Crippen LogP contribution is 2.31. The number of aromatic nitrogens is 1. The van der Waals surface area contributed by atoms with E-state index in [0.29, 0.717) is 11.3 Å². The molecule has 4 rings (SSSR count). The second-order valence-electron chi connectivity index (χ2n) is 7.13. The summed E-state index contributed by atoms with van der Waals surface area (Å²) < 4.78 is 28.5. The molecule has 3 aromatic rings. The molecule has 25 heavy (non-hydrogen) atoms. The fraction of sp³-hybridized carbons (Fsp3) is 0.300. The van der Waals surface area contributed by atoms with Gasteiger partial charge in [-0.2, -0.15) is 0 Å². The highest BCUT2D eigenvalue weighted by atomic mass is 32.2. The van der Waals surface area contributed by atoms with Gasteiger partial charge < -0.3 is 4.98 Å². The molecule has 0 aliphatic heterocycles. The van der Waals surface area contributed by atoms with Crippen molar-refractivity contribution in [1.29, 1.82) is 0 Å². The molecule has 0 saturated carbocycles. The SMILES string of the molecule is Cc1ccc(S(=O)(=O)NC2Cc3[nH]c4ccc(C)cc4c3C2)c(C)c1. The molecule has 130 valence electrons. The average molecular weight is 354 g/mol. The van der Waals surface area contributed by atoms with Crippen molar-refractivity contribution in [1.82, 2.24) is 9.71 Å². The van der Waals surface area contributed by atoms with Crippen molar-refractivity contribution in [3.63, 3.8) is 0 Å². The zero-order valence-electron chi connectivity index (χ0n) is 14.7. The van der Waals surface area contributed by atoms with Gasteiger partial charge in [-0.3, -0.25) is 0 Å². The van der Waals surface area contributed by atoms with Crippen molar-refractivity contribution in [3.8, 4) is 0 Å². The minimum atomic E-state index is -3.51. The molecule has 0 spiro atoms. The van der Waals surface area contributed by atoms with E-state index in [9.17, 15) is 8.42 Å². The third kappa shape index (κ3) is 2.87. The van der Waals surface area contributed by atoms with Crippen LogP contribution in [0.1, 0.15) is 27.9 Å². The average Bonchev–Trinajstić information content (AvgIpc) is 3.03. The van der Waals surface area contributed by atoms with Gasteiger partial charge in [0, 0.05) is 29.1 Å². The maximum atomic E-state index is 12.8. The van der Waals surface area contributed by atoms with Gasteiger partial charge in [-0.05, 0) is 56.5 Å². The van der Waals surface area contributed by atoms with Crippen LogP contribution in [0.25, 0.3) is 10.9 Å². The molecule has 4 nitrogen and oxygen atoms in total. The Morgan fingerprint density at radius 1 is 1.00 bits per heavy atom. The van der Waals surface area contributed by atoms with Crippen molar-refractivity contribution in [3.05, 3.63) is 64.3 Å². The number of sulfonamides is 1. The molecule has 0 bridgehead atoms. The van der Waals surface area contributed by atoms with Crippen LogP contribution in [0.2, 0.25) is 0 Å². The van der Waals surface area contributed by atoms with Gasteiger partial charge in [0.15, 0.2) is 0 Å². The van der Waals surface area contributed by atoms with Gasteiger partial charge >= 0.3 is 0 Å². The lowest BCUT2D eigenvalue weighted by Crippen LogP contribution is -2.35. The molecule has 2 N–H and O–H groups in total. The molecule has 2 aromatic carbocycles. The first-order valence-corrected chi connectivity index (χ1v) is 10.0. The highest BCUT2D eigenvalue weighted by Gasteiger charge is 2.29. The Hall–Kier alpha value is -2.11. The molecule has 1 aromatic heterocycles. The lowest BCUT2D eigenvalue weighted by atomic mass is 10.1. The van der Waals surface area contributed by atoms with Crippen molar-refractivity contribution in [2.75, 3.05) is 0 Å². The zero-order valence-corrected chi connectivity index (χ0v) is 15.5. The Balaban J connectivity index is 1.60. The topological polar surface area (TPSA) is 62.0 Å². The van der Waals surface area contributed by atoms with E-state index in [1.54, 1.807) is 6.07 Å². The van der Waals surface area contributed by atoms with Crippen LogP contribution >= 0.6 is 0 Å². The first-order valence-electron chi connectivity index (χ1n) is 8.53. The van der Waals surface area contributed by atoms with E-state index in [1.807, 2.05) is 26.0 Å². The molecular weight excluding hydrogens is 332 g/mol. The first-order chi connectivity index (χ1) is 11.8. The smallest absolute Gasteiger partial charge is 0.241 e. The largest absolute Gasteiger partial charge is 0.358 e. The predicted molar refractivity (Wildman–Crippen MR) is 100 cm³/mol. The summed E-state index contributed by atoms with van der Waals surface area (Å²) in [6.45, 7) is 5.89. The minimum Gasteiger partial charge on any atom is -0.358 e. The quantitative estimate of drug-likeness (QED) is 0.756. The number of nitrogens with one attached hydrogen (secondary N) is 2. The summed E-state index contributed by atoms with van der Waals surface area (Å²) >= 11 is 0. The van der Waals surface area contributed by atoms with Gasteiger partial charge in [-0.15, -0.1) is 0 Å². The molecule has 1 atom stereocenters. The fourth-order valence-electron chi connectivity index (χ4n) is 3.86. The molecule has 1 unspecified atom stereocenters. The number of fused-ring (bicyclic) bond motifs is 3. The lowest BCUT2D eigenvalue weighted by molar-refractivity contribution is 0.554. The Morgan fingerprint density at radius 3 is 2.48 bits per heavy atom. The zero-order chi connectivity index (χ0) is 17.8. The van der Waals surface area contributed by atoms with Crippen molar-refractivity contribution >= 4 is 20.9 Å². The summed E-state index contributed by atoms with van der Waals surface area (Å²) in [6.07, 6.45) is 1.43. The van der Waals surface area contributed by atoms with E-state index in [1.165, 1.54) is 16.5 Å². The number of rotatable bonds is 3. The van der Waals surface area contributed by atoms with Gasteiger partial charge in [-0.25, -0.2) is 13.1 Å². The summed E-state index contributed by atoms with van der Waals surface area (Å²) in [5.41, 5.74) is 6.58. The third-order valence-electron chi connectivity index (χ3n) is 4.99. The summed E-state index contributed by atoms with van der Waals surface area (Å²) in [6, 6.07) is 11.7. The van der Waals surface area contributed by atoms with Crippen LogP contribution in [0, 0.1) is 20.8 Å². The van der Waals surface area contributed by atoms with E-state index in [4.69, 9.17) is 0 Å². The van der Waals surface area contributed by atoms with Gasteiger partial charge in [0.1, 0.15) is 0 Å². The van der Waals surface area contributed by atoms with Crippen LogP contribution in [-0.4, -0.2) is 19.4 Å². The second kappa shape index (κ2) is 5.71. The Kier molecular flexibility index (Phi) is 3.74. The Bertz CT molecular complexity index is 1080. The van der Waals surface area contributed by atoms with Crippen LogP contribution in [0.15, 0.2) is 41.3 Å². The summed E-state index contributed by atoms with van der Waals surface area (Å²) in [4.78, 5) is 3.81. The Labute approximate surface area is 148 Å². The monoisotopic (exact) mass is 354 g/mol. The first kappa shape index (κ1) is 16.4. The van der Waals surface area contributed by atoms with Crippen molar-refractivity contribution < 1.29 is 8.42 Å². The highest BCUT2D eigenvalue weighted by molar-refractivity contribution is 7.89. The molecule has 0 radical (unpaired) electrons. The molecule has 1 aliphatic rings. The molecular formula is C20H22N2O2S. The second-order valence-corrected chi connectivity index (χ2v) is 8.81. The van der Waals surface area contributed by atoms with Crippen molar-refractivity contribution in [2.45, 2.75) is 44.6 Å². The summed E-state index contributed by atoms with van der Waals surface area (Å²) in [5, 5.41) is 1.21. The fourth-order valence-corrected chi connectivity index (χ4v) is 5.32. The van der Waals surface area contributed by atoms with E-state index in [-0.39, 0.29) is 6.04 Å². The van der Waals surface area contributed by atoms with E-state index in [2.05, 4.69) is 34.8 Å². The maximum absolute atomic E-state index is 12.8. The van der Waals surface area contributed by atoms with Gasteiger partial charge in [0.25, 0.3) is 0 Å². The van der Waals surface area contributed by atoms with Crippen LogP contribution in [-0.2, 0) is 22.9 Å². The normalized spacial score (nSPS) is 17.2. The van der Waals surface area contributed by atoms with E-state index < -0.39 is 10.0 Å². The summed E-state index contributed by atoms with van der Waals surface area (Å²) in [5.74, 6) is 0. The Morgan fingerprint density at radius 2 is 1.72 bits per heavy atom. The molecule has 0 saturated heterocycles.